The van der Waals surface area contributed by atoms with E-state index < -0.39 is 11.6 Å². The molecule has 0 aromatic heterocycles. The van der Waals surface area contributed by atoms with Gasteiger partial charge in [0.2, 0.25) is 0 Å². The summed E-state index contributed by atoms with van der Waals surface area (Å²) >= 11 is 0. The number of alkyl halides is 1. The second-order valence-corrected chi connectivity index (χ2v) is 4.05. The molecule has 0 bridgehead atoms. The third kappa shape index (κ3) is 1.87. The quantitative estimate of drug-likeness (QED) is 0.829. The minimum atomic E-state index is -1.27. The lowest BCUT2D eigenvalue weighted by Gasteiger charge is -2.35. The van der Waals surface area contributed by atoms with Gasteiger partial charge in [-0.15, -0.1) is 0 Å². The Bertz CT molecular complexity index is 383. The summed E-state index contributed by atoms with van der Waals surface area (Å²) in [7, 11) is 0. The molecule has 80 valence electrons. The summed E-state index contributed by atoms with van der Waals surface area (Å²) in [5.74, 6) is -0.912. The molecule has 0 unspecified atom stereocenters. The van der Waals surface area contributed by atoms with Gasteiger partial charge in [0.1, 0.15) is 5.67 Å². The predicted octanol–water partition coefficient (Wildman–Crippen LogP) is 2.66. The van der Waals surface area contributed by atoms with E-state index in [0.29, 0.717) is 24.0 Å². The van der Waals surface area contributed by atoms with E-state index in [-0.39, 0.29) is 6.42 Å². The number of halogens is 1. The summed E-state index contributed by atoms with van der Waals surface area (Å²) < 4.78 is 14.2. The van der Waals surface area contributed by atoms with Crippen LogP contribution in [0.1, 0.15) is 30.4 Å². The molecule has 0 radical (unpaired) electrons. The summed E-state index contributed by atoms with van der Waals surface area (Å²) in [4.78, 5) is 10.6. The van der Waals surface area contributed by atoms with Gasteiger partial charge in [-0.1, -0.05) is 24.3 Å². The van der Waals surface area contributed by atoms with Crippen molar-refractivity contribution in [3.8, 4) is 0 Å². The third-order valence-electron chi connectivity index (χ3n) is 2.99. The second kappa shape index (κ2) is 3.65. The van der Waals surface area contributed by atoms with Gasteiger partial charge in [0.15, 0.2) is 0 Å². The molecule has 1 aromatic carbocycles. The number of carboxylic acid groups (broad SMARTS) is 1. The lowest BCUT2D eigenvalue weighted by atomic mass is 9.75. The van der Waals surface area contributed by atoms with E-state index in [1.807, 2.05) is 0 Å². The molecule has 1 N–H and O–H groups in total. The normalized spacial score (nSPS) is 18.2. The molecule has 0 heterocycles. The minimum Gasteiger partial charge on any atom is -0.481 e. The molecule has 1 aliphatic rings. The molecule has 1 aromatic rings. The maximum atomic E-state index is 14.2. The zero-order valence-corrected chi connectivity index (χ0v) is 8.37. The second-order valence-electron chi connectivity index (χ2n) is 4.05. The van der Waals surface area contributed by atoms with Crippen LogP contribution in [0.2, 0.25) is 0 Å². The number of aliphatic carboxylic acids is 1. The first-order valence-corrected chi connectivity index (χ1v) is 5.11. The van der Waals surface area contributed by atoms with E-state index in [1.54, 1.807) is 24.3 Å². The number of hydrogen-bond donors (Lipinski definition) is 1. The highest BCUT2D eigenvalue weighted by atomic mass is 19.1. The maximum Gasteiger partial charge on any atom is 0.307 e. The van der Waals surface area contributed by atoms with Crippen molar-refractivity contribution in [2.45, 2.75) is 31.4 Å². The van der Waals surface area contributed by atoms with Crippen molar-refractivity contribution in [3.05, 3.63) is 35.4 Å². The average molecular weight is 208 g/mol. The first kappa shape index (κ1) is 10.1. The Labute approximate surface area is 87.7 Å². The van der Waals surface area contributed by atoms with Crippen LogP contribution < -0.4 is 0 Å². The van der Waals surface area contributed by atoms with Gasteiger partial charge in [-0.2, -0.15) is 0 Å². The molecule has 1 saturated carbocycles. The molecule has 15 heavy (non-hydrogen) atoms. The van der Waals surface area contributed by atoms with Crippen LogP contribution >= 0.6 is 0 Å². The van der Waals surface area contributed by atoms with E-state index in [1.165, 1.54) is 0 Å². The fourth-order valence-corrected chi connectivity index (χ4v) is 2.03. The molecule has 1 fully saturated rings. The van der Waals surface area contributed by atoms with Crippen LogP contribution in [0.25, 0.3) is 0 Å². The summed E-state index contributed by atoms with van der Waals surface area (Å²) in [5, 5.41) is 8.73. The molecule has 0 spiro atoms. The standard InChI is InChI=1S/C12H13FO2/c13-12(6-3-7-12)10-5-2-1-4-9(10)8-11(14)15/h1-2,4-5H,3,6-8H2,(H,14,15). The molecule has 0 aliphatic heterocycles. The fraction of sp³-hybridized carbons (Fsp3) is 0.417. The topological polar surface area (TPSA) is 37.3 Å². The van der Waals surface area contributed by atoms with Gasteiger partial charge < -0.3 is 5.11 Å². The van der Waals surface area contributed by atoms with Crippen LogP contribution in [0, 0.1) is 0 Å². The Balaban J connectivity index is 2.33. The van der Waals surface area contributed by atoms with Crippen LogP contribution in [0.5, 0.6) is 0 Å². The van der Waals surface area contributed by atoms with Crippen molar-refractivity contribution in [1.29, 1.82) is 0 Å². The zero-order chi connectivity index (χ0) is 10.9. The Kier molecular flexibility index (Phi) is 2.47. The summed E-state index contributed by atoms with van der Waals surface area (Å²) in [6.45, 7) is 0. The Morgan fingerprint density at radius 1 is 1.40 bits per heavy atom. The highest BCUT2D eigenvalue weighted by molar-refractivity contribution is 5.71. The van der Waals surface area contributed by atoms with E-state index in [9.17, 15) is 9.18 Å². The highest BCUT2D eigenvalue weighted by Gasteiger charge is 2.40. The molecule has 1 aliphatic carbocycles. The Morgan fingerprint density at radius 3 is 2.60 bits per heavy atom. The van der Waals surface area contributed by atoms with Crippen LogP contribution in [-0.2, 0) is 16.9 Å². The van der Waals surface area contributed by atoms with Crippen molar-refractivity contribution < 1.29 is 14.3 Å². The van der Waals surface area contributed by atoms with Gasteiger partial charge in [-0.25, -0.2) is 4.39 Å². The highest BCUT2D eigenvalue weighted by Crippen LogP contribution is 2.46. The minimum absolute atomic E-state index is 0.0954. The molecule has 2 rings (SSSR count). The maximum absolute atomic E-state index is 14.2. The number of benzene rings is 1. The van der Waals surface area contributed by atoms with Crippen molar-refractivity contribution in [3.63, 3.8) is 0 Å². The van der Waals surface area contributed by atoms with Crippen LogP contribution in [0.15, 0.2) is 24.3 Å². The Morgan fingerprint density at radius 2 is 2.07 bits per heavy atom. The van der Waals surface area contributed by atoms with Gasteiger partial charge in [0.05, 0.1) is 6.42 Å². The summed E-state index contributed by atoms with van der Waals surface area (Å²) in [6.07, 6.45) is 1.83. The number of carbonyl (C=O) groups is 1. The lowest BCUT2D eigenvalue weighted by Crippen LogP contribution is -2.30. The summed E-state index contributed by atoms with van der Waals surface area (Å²) in [6, 6.07) is 6.92. The molecule has 0 atom stereocenters. The zero-order valence-electron chi connectivity index (χ0n) is 8.37. The smallest absolute Gasteiger partial charge is 0.307 e. The van der Waals surface area contributed by atoms with Gasteiger partial charge in [0.25, 0.3) is 0 Å². The predicted molar refractivity (Wildman–Crippen MR) is 54.4 cm³/mol. The van der Waals surface area contributed by atoms with Gasteiger partial charge >= 0.3 is 5.97 Å². The van der Waals surface area contributed by atoms with Crippen LogP contribution in [0.3, 0.4) is 0 Å². The van der Waals surface area contributed by atoms with Crippen LogP contribution in [-0.4, -0.2) is 11.1 Å². The van der Waals surface area contributed by atoms with Crippen LogP contribution in [0.4, 0.5) is 4.39 Å². The summed E-state index contributed by atoms with van der Waals surface area (Å²) in [5.41, 5.74) is -0.0997. The van der Waals surface area contributed by atoms with Crippen molar-refractivity contribution >= 4 is 5.97 Å². The van der Waals surface area contributed by atoms with Crippen molar-refractivity contribution in [2.75, 3.05) is 0 Å². The molecular weight excluding hydrogens is 195 g/mol. The van der Waals surface area contributed by atoms with Crippen molar-refractivity contribution in [2.24, 2.45) is 0 Å². The third-order valence-corrected chi connectivity index (χ3v) is 2.99. The number of carboxylic acids is 1. The lowest BCUT2D eigenvalue weighted by molar-refractivity contribution is -0.136. The van der Waals surface area contributed by atoms with E-state index in [0.717, 1.165) is 6.42 Å². The first-order valence-electron chi connectivity index (χ1n) is 5.11. The average Bonchev–Trinajstić information content (AvgIpc) is 2.14. The number of rotatable bonds is 3. The Hall–Kier alpha value is -1.38. The molecular formula is C12H13FO2. The fourth-order valence-electron chi connectivity index (χ4n) is 2.03. The van der Waals surface area contributed by atoms with Gasteiger partial charge in [-0.3, -0.25) is 4.79 Å². The van der Waals surface area contributed by atoms with Gasteiger partial charge in [-0.05, 0) is 30.4 Å². The molecule has 0 saturated heterocycles. The van der Waals surface area contributed by atoms with Crippen molar-refractivity contribution in [1.82, 2.24) is 0 Å². The van der Waals surface area contributed by atoms with E-state index in [4.69, 9.17) is 5.11 Å². The van der Waals surface area contributed by atoms with E-state index in [2.05, 4.69) is 0 Å². The largest absolute Gasteiger partial charge is 0.481 e. The molecule has 0 amide bonds. The van der Waals surface area contributed by atoms with Gasteiger partial charge in [0, 0.05) is 0 Å². The SMILES string of the molecule is O=C(O)Cc1ccccc1C1(F)CCC1. The number of hydrogen-bond acceptors (Lipinski definition) is 1. The molecule has 3 heteroatoms. The monoisotopic (exact) mass is 208 g/mol. The molecule has 2 nitrogen and oxygen atoms in total. The van der Waals surface area contributed by atoms with E-state index >= 15 is 0 Å². The first-order chi connectivity index (χ1) is 7.12.